The first-order chi connectivity index (χ1) is 6.76. The summed E-state index contributed by atoms with van der Waals surface area (Å²) >= 11 is 1.71. The summed E-state index contributed by atoms with van der Waals surface area (Å²) in [6.45, 7) is 2.62. The van der Waals surface area contributed by atoms with Crippen LogP contribution in [0.15, 0.2) is 29.2 Å². The topological polar surface area (TPSA) is 29.1 Å². The van der Waals surface area contributed by atoms with Crippen molar-refractivity contribution in [2.45, 2.75) is 18.2 Å². The zero-order valence-corrected chi connectivity index (χ0v) is 9.36. The third-order valence-electron chi connectivity index (χ3n) is 1.90. The van der Waals surface area contributed by atoms with Gasteiger partial charge in [0, 0.05) is 11.4 Å². The summed E-state index contributed by atoms with van der Waals surface area (Å²) in [4.78, 5) is 12.5. The molecule has 1 rings (SSSR count). The highest BCUT2D eigenvalue weighted by Crippen LogP contribution is 2.14. The van der Waals surface area contributed by atoms with E-state index in [4.69, 9.17) is 0 Å². The number of benzene rings is 1. The number of amides is 1. The number of likely N-dealkylation sites (N-methyl/N-ethyl adjacent to an activating group) is 1. The van der Waals surface area contributed by atoms with Crippen molar-refractivity contribution in [3.8, 4) is 0 Å². The molecule has 0 aliphatic rings. The van der Waals surface area contributed by atoms with Crippen molar-refractivity contribution in [1.82, 2.24) is 5.32 Å². The van der Waals surface area contributed by atoms with Gasteiger partial charge in [-0.25, -0.2) is 0 Å². The second-order valence-corrected chi connectivity index (χ2v) is 3.86. The fraction of sp³-hybridized carbons (Fsp3) is 0.364. The molecule has 0 radical (unpaired) electrons. The molecular weight excluding hydrogens is 194 g/mol. The van der Waals surface area contributed by atoms with Crippen LogP contribution in [-0.2, 0) is 11.2 Å². The number of rotatable bonds is 4. The van der Waals surface area contributed by atoms with E-state index in [0.29, 0.717) is 13.0 Å². The van der Waals surface area contributed by atoms with Gasteiger partial charge in [0.25, 0.3) is 0 Å². The molecule has 0 heterocycles. The molecule has 0 fully saturated rings. The van der Waals surface area contributed by atoms with Crippen molar-refractivity contribution in [2.75, 3.05) is 12.8 Å². The van der Waals surface area contributed by atoms with Crippen LogP contribution in [0.3, 0.4) is 0 Å². The second-order valence-electron chi connectivity index (χ2n) is 2.98. The molecule has 0 saturated carbocycles. The minimum absolute atomic E-state index is 0.0874. The normalized spacial score (nSPS) is 9.86. The fourth-order valence-corrected chi connectivity index (χ4v) is 1.60. The van der Waals surface area contributed by atoms with Gasteiger partial charge in [0.1, 0.15) is 0 Å². The molecule has 2 nitrogen and oxygen atoms in total. The Bertz CT molecular complexity index is 295. The monoisotopic (exact) mass is 209 g/mol. The lowest BCUT2D eigenvalue weighted by atomic mass is 10.1. The van der Waals surface area contributed by atoms with E-state index >= 15 is 0 Å². The first-order valence-electron chi connectivity index (χ1n) is 4.66. The number of nitrogens with one attached hydrogen (secondary N) is 1. The molecule has 1 N–H and O–H groups in total. The highest BCUT2D eigenvalue weighted by Gasteiger charge is 2.01. The summed E-state index contributed by atoms with van der Waals surface area (Å²) in [7, 11) is 0. The quantitative estimate of drug-likeness (QED) is 0.769. The number of carbonyl (C=O) groups is 1. The summed E-state index contributed by atoms with van der Waals surface area (Å²) in [5.74, 6) is 0.0874. The summed E-state index contributed by atoms with van der Waals surface area (Å²) in [5, 5.41) is 2.78. The van der Waals surface area contributed by atoms with E-state index in [0.717, 1.165) is 5.56 Å². The van der Waals surface area contributed by atoms with Gasteiger partial charge in [-0.3, -0.25) is 4.79 Å². The van der Waals surface area contributed by atoms with Gasteiger partial charge in [-0.1, -0.05) is 12.1 Å². The van der Waals surface area contributed by atoms with Gasteiger partial charge in [-0.15, -0.1) is 11.8 Å². The van der Waals surface area contributed by atoms with E-state index in [2.05, 4.69) is 5.32 Å². The number of carbonyl (C=O) groups excluding carboxylic acids is 1. The Balaban J connectivity index is 2.55. The van der Waals surface area contributed by atoms with Crippen molar-refractivity contribution in [3.05, 3.63) is 29.8 Å². The van der Waals surface area contributed by atoms with Crippen LogP contribution < -0.4 is 5.32 Å². The van der Waals surface area contributed by atoms with Crippen LogP contribution in [0.5, 0.6) is 0 Å². The zero-order valence-electron chi connectivity index (χ0n) is 8.54. The molecule has 76 valence electrons. The largest absolute Gasteiger partial charge is 0.356 e. The Kier molecular flexibility index (Phi) is 4.53. The maximum atomic E-state index is 11.3. The van der Waals surface area contributed by atoms with E-state index in [1.165, 1.54) is 4.90 Å². The van der Waals surface area contributed by atoms with Crippen LogP contribution in [0.25, 0.3) is 0 Å². The van der Waals surface area contributed by atoms with Crippen LogP contribution in [0, 0.1) is 0 Å². The molecule has 14 heavy (non-hydrogen) atoms. The van der Waals surface area contributed by atoms with Crippen LogP contribution in [0.1, 0.15) is 12.5 Å². The van der Waals surface area contributed by atoms with E-state index in [9.17, 15) is 4.79 Å². The smallest absolute Gasteiger partial charge is 0.224 e. The Morgan fingerprint density at radius 1 is 1.36 bits per heavy atom. The molecule has 0 aliphatic carbocycles. The summed E-state index contributed by atoms with van der Waals surface area (Å²) < 4.78 is 0. The molecule has 0 aromatic heterocycles. The predicted octanol–water partition coefficient (Wildman–Crippen LogP) is 2.09. The lowest BCUT2D eigenvalue weighted by molar-refractivity contribution is -0.120. The van der Waals surface area contributed by atoms with Gasteiger partial charge in [-0.2, -0.15) is 0 Å². The third kappa shape index (κ3) is 3.42. The van der Waals surface area contributed by atoms with Gasteiger partial charge >= 0.3 is 0 Å². The first-order valence-corrected chi connectivity index (χ1v) is 5.88. The second kappa shape index (κ2) is 5.70. The van der Waals surface area contributed by atoms with Gasteiger partial charge in [-0.05, 0) is 30.9 Å². The van der Waals surface area contributed by atoms with E-state index < -0.39 is 0 Å². The first kappa shape index (κ1) is 11.1. The lowest BCUT2D eigenvalue weighted by Gasteiger charge is -2.02. The Hall–Kier alpha value is -0.960. The summed E-state index contributed by atoms with van der Waals surface area (Å²) in [5.41, 5.74) is 1.06. The zero-order chi connectivity index (χ0) is 10.4. The highest BCUT2D eigenvalue weighted by atomic mass is 32.2. The maximum absolute atomic E-state index is 11.3. The summed E-state index contributed by atoms with van der Waals surface area (Å²) in [6.07, 6.45) is 2.52. The summed E-state index contributed by atoms with van der Waals surface area (Å²) in [6, 6.07) is 8.08. The lowest BCUT2D eigenvalue weighted by Crippen LogP contribution is -2.24. The fourth-order valence-electron chi connectivity index (χ4n) is 1.19. The Morgan fingerprint density at radius 3 is 2.50 bits per heavy atom. The van der Waals surface area contributed by atoms with Crippen LogP contribution in [-0.4, -0.2) is 18.7 Å². The third-order valence-corrected chi connectivity index (χ3v) is 2.64. The molecule has 0 bridgehead atoms. The SMILES string of the molecule is CCNC(=O)Cc1ccc(SC)cc1. The molecule has 3 heteroatoms. The molecule has 0 unspecified atom stereocenters. The molecule has 0 saturated heterocycles. The highest BCUT2D eigenvalue weighted by molar-refractivity contribution is 7.98. The predicted molar refractivity (Wildman–Crippen MR) is 60.6 cm³/mol. The van der Waals surface area contributed by atoms with Crippen LogP contribution in [0.2, 0.25) is 0 Å². The average Bonchev–Trinajstić information content (AvgIpc) is 2.19. The maximum Gasteiger partial charge on any atom is 0.224 e. The van der Waals surface area contributed by atoms with Crippen LogP contribution >= 0.6 is 11.8 Å². The molecule has 1 aromatic rings. The molecule has 0 spiro atoms. The number of hydrogen-bond acceptors (Lipinski definition) is 2. The van der Waals surface area contributed by atoms with Gasteiger partial charge < -0.3 is 5.32 Å². The Labute approximate surface area is 89.1 Å². The average molecular weight is 209 g/mol. The minimum Gasteiger partial charge on any atom is -0.356 e. The van der Waals surface area contributed by atoms with Crippen molar-refractivity contribution < 1.29 is 4.79 Å². The van der Waals surface area contributed by atoms with Gasteiger partial charge in [0.15, 0.2) is 0 Å². The number of thioether (sulfide) groups is 1. The molecule has 1 aromatic carbocycles. The molecule has 0 aliphatic heterocycles. The Morgan fingerprint density at radius 2 is 2.00 bits per heavy atom. The molecule has 0 atom stereocenters. The minimum atomic E-state index is 0.0874. The van der Waals surface area contributed by atoms with Crippen molar-refractivity contribution in [3.63, 3.8) is 0 Å². The standard InChI is InChI=1S/C11H15NOS/c1-3-12-11(13)8-9-4-6-10(14-2)7-5-9/h4-7H,3,8H2,1-2H3,(H,12,13). The van der Waals surface area contributed by atoms with Crippen molar-refractivity contribution >= 4 is 17.7 Å². The van der Waals surface area contributed by atoms with E-state index in [-0.39, 0.29) is 5.91 Å². The van der Waals surface area contributed by atoms with Crippen molar-refractivity contribution in [2.24, 2.45) is 0 Å². The van der Waals surface area contributed by atoms with Gasteiger partial charge in [0.2, 0.25) is 5.91 Å². The van der Waals surface area contributed by atoms with E-state index in [1.54, 1.807) is 11.8 Å². The molecule has 1 amide bonds. The van der Waals surface area contributed by atoms with Gasteiger partial charge in [0.05, 0.1) is 6.42 Å². The molecular formula is C11H15NOS. The number of hydrogen-bond donors (Lipinski definition) is 1. The van der Waals surface area contributed by atoms with E-state index in [1.807, 2.05) is 37.4 Å². The van der Waals surface area contributed by atoms with Crippen molar-refractivity contribution in [1.29, 1.82) is 0 Å². The van der Waals surface area contributed by atoms with Crippen LogP contribution in [0.4, 0.5) is 0 Å².